The highest BCUT2D eigenvalue weighted by Gasteiger charge is 2.23. The number of hydrogen-bond donors (Lipinski definition) is 1. The van der Waals surface area contributed by atoms with E-state index in [4.69, 9.17) is 21.4 Å². The first-order valence-corrected chi connectivity index (χ1v) is 7.98. The molecular weight excluding hydrogens is 334 g/mol. The van der Waals surface area contributed by atoms with Crippen molar-refractivity contribution in [3.05, 3.63) is 52.1 Å². The van der Waals surface area contributed by atoms with Crippen LogP contribution in [0.1, 0.15) is 21.7 Å². The number of carbonyl (C=O) groups is 2. The van der Waals surface area contributed by atoms with Crippen LogP contribution in [0.25, 0.3) is 17.4 Å². The lowest BCUT2D eigenvalue weighted by Gasteiger charge is -1.99. The number of thiocarbonyl (C=S) groups is 1. The lowest BCUT2D eigenvalue weighted by atomic mass is 10.0. The number of fused-ring (bicyclic) bond motifs is 1. The van der Waals surface area contributed by atoms with Crippen molar-refractivity contribution in [1.82, 2.24) is 5.32 Å². The zero-order chi connectivity index (χ0) is 16.0. The second kappa shape index (κ2) is 5.36. The maximum Gasteiger partial charge on any atom is 0.338 e. The van der Waals surface area contributed by atoms with E-state index in [0.29, 0.717) is 26.3 Å². The Morgan fingerprint density at radius 2 is 2.09 bits per heavy atom. The molecule has 1 aromatic heterocycles. The highest BCUT2D eigenvalue weighted by molar-refractivity contribution is 8.26. The van der Waals surface area contributed by atoms with E-state index in [2.05, 4.69) is 5.32 Å². The third kappa shape index (κ3) is 2.58. The van der Waals surface area contributed by atoms with Crippen molar-refractivity contribution < 1.29 is 18.7 Å². The van der Waals surface area contributed by atoms with Crippen molar-refractivity contribution in [3.8, 4) is 11.3 Å². The van der Waals surface area contributed by atoms with Crippen molar-refractivity contribution in [2.75, 3.05) is 0 Å². The van der Waals surface area contributed by atoms with E-state index >= 15 is 0 Å². The molecule has 5 nitrogen and oxygen atoms in total. The minimum absolute atomic E-state index is 0.217. The van der Waals surface area contributed by atoms with Gasteiger partial charge < -0.3 is 14.5 Å². The Morgan fingerprint density at radius 3 is 2.87 bits per heavy atom. The summed E-state index contributed by atoms with van der Waals surface area (Å²) in [5, 5.41) is 2.56. The molecule has 7 heteroatoms. The zero-order valence-electron chi connectivity index (χ0n) is 11.6. The number of ether oxygens (including phenoxy) is 1. The van der Waals surface area contributed by atoms with Crippen LogP contribution in [0, 0.1) is 0 Å². The highest BCUT2D eigenvalue weighted by Crippen LogP contribution is 2.30. The molecule has 2 aliphatic rings. The van der Waals surface area contributed by atoms with Crippen LogP contribution in [0.5, 0.6) is 0 Å². The van der Waals surface area contributed by atoms with Crippen LogP contribution in [0.3, 0.4) is 0 Å². The Morgan fingerprint density at radius 1 is 1.22 bits per heavy atom. The predicted octanol–water partition coefficient (Wildman–Crippen LogP) is 3.11. The second-order valence-electron chi connectivity index (χ2n) is 5.00. The molecule has 23 heavy (non-hydrogen) atoms. The van der Waals surface area contributed by atoms with Gasteiger partial charge in [-0.2, -0.15) is 0 Å². The fourth-order valence-corrected chi connectivity index (χ4v) is 3.45. The van der Waals surface area contributed by atoms with Crippen molar-refractivity contribution in [1.29, 1.82) is 0 Å². The van der Waals surface area contributed by atoms with Crippen molar-refractivity contribution in [3.63, 3.8) is 0 Å². The van der Waals surface area contributed by atoms with Gasteiger partial charge in [0.05, 0.1) is 10.5 Å². The molecule has 3 heterocycles. The average Bonchev–Trinajstić information content (AvgIpc) is 3.21. The van der Waals surface area contributed by atoms with E-state index in [-0.39, 0.29) is 18.5 Å². The monoisotopic (exact) mass is 343 g/mol. The Bertz CT molecular complexity index is 897. The summed E-state index contributed by atoms with van der Waals surface area (Å²) >= 11 is 6.15. The van der Waals surface area contributed by atoms with Gasteiger partial charge in [0, 0.05) is 17.2 Å². The Kier molecular flexibility index (Phi) is 3.32. The molecule has 1 fully saturated rings. The molecule has 1 aromatic carbocycles. The van der Waals surface area contributed by atoms with E-state index in [0.717, 1.165) is 11.1 Å². The topological polar surface area (TPSA) is 68.5 Å². The van der Waals surface area contributed by atoms with Crippen LogP contribution in [0.4, 0.5) is 0 Å². The first-order chi connectivity index (χ1) is 11.1. The van der Waals surface area contributed by atoms with E-state index in [1.54, 1.807) is 18.2 Å². The summed E-state index contributed by atoms with van der Waals surface area (Å²) in [6.45, 7) is 0.286. The molecule has 0 bridgehead atoms. The highest BCUT2D eigenvalue weighted by atomic mass is 32.2. The normalized spacial score (nSPS) is 18.3. The van der Waals surface area contributed by atoms with Crippen LogP contribution >= 0.6 is 24.0 Å². The number of thioether (sulfide) groups is 1. The maximum atomic E-state index is 11.6. The number of amides is 1. The number of rotatable bonds is 2. The number of carbonyl (C=O) groups excluding carboxylic acids is 2. The largest absolute Gasteiger partial charge is 0.457 e. The summed E-state index contributed by atoms with van der Waals surface area (Å²) in [6, 6.07) is 9.03. The summed E-state index contributed by atoms with van der Waals surface area (Å²) in [5.74, 6) is 0.711. The van der Waals surface area contributed by atoms with Gasteiger partial charge in [0.25, 0.3) is 5.91 Å². The Hall–Kier alpha value is -2.38. The minimum Gasteiger partial charge on any atom is -0.457 e. The molecule has 4 rings (SSSR count). The number of cyclic esters (lactones) is 1. The van der Waals surface area contributed by atoms with Gasteiger partial charge in [-0.05, 0) is 24.3 Å². The van der Waals surface area contributed by atoms with Gasteiger partial charge in [-0.25, -0.2) is 4.79 Å². The van der Waals surface area contributed by atoms with Crippen molar-refractivity contribution >= 4 is 46.3 Å². The summed E-state index contributed by atoms with van der Waals surface area (Å²) in [4.78, 5) is 23.6. The fraction of sp³-hybridized carbons (Fsp3) is 0.0625. The Balaban J connectivity index is 1.64. The molecule has 1 N–H and O–H groups in total. The summed E-state index contributed by atoms with van der Waals surface area (Å²) in [7, 11) is 0. The summed E-state index contributed by atoms with van der Waals surface area (Å²) < 4.78 is 11.2. The summed E-state index contributed by atoms with van der Waals surface area (Å²) in [6.07, 6.45) is 1.66. The fourth-order valence-electron chi connectivity index (χ4n) is 2.42. The minimum atomic E-state index is -0.295. The van der Waals surface area contributed by atoms with Crippen molar-refractivity contribution in [2.45, 2.75) is 6.61 Å². The molecule has 1 amide bonds. The van der Waals surface area contributed by atoms with Crippen LogP contribution in [-0.4, -0.2) is 16.2 Å². The molecule has 0 atom stereocenters. The van der Waals surface area contributed by atoms with Crippen LogP contribution in [0.15, 0.2) is 39.7 Å². The quantitative estimate of drug-likeness (QED) is 0.513. The molecule has 0 spiro atoms. The van der Waals surface area contributed by atoms with Crippen molar-refractivity contribution in [2.24, 2.45) is 0 Å². The van der Waals surface area contributed by atoms with Gasteiger partial charge >= 0.3 is 5.97 Å². The molecule has 0 saturated carbocycles. The van der Waals surface area contributed by atoms with Gasteiger partial charge in [0.15, 0.2) is 0 Å². The second-order valence-corrected chi connectivity index (χ2v) is 6.72. The predicted molar refractivity (Wildman–Crippen MR) is 89.6 cm³/mol. The number of furan rings is 1. The third-order valence-electron chi connectivity index (χ3n) is 3.51. The molecule has 114 valence electrons. The summed E-state index contributed by atoms with van der Waals surface area (Å²) in [5.41, 5.74) is 2.29. The molecule has 1 saturated heterocycles. The first kappa shape index (κ1) is 14.2. The maximum absolute atomic E-state index is 11.6. The molecule has 2 aromatic rings. The smallest absolute Gasteiger partial charge is 0.338 e. The number of hydrogen-bond acceptors (Lipinski definition) is 6. The molecule has 0 aliphatic carbocycles. The lowest BCUT2D eigenvalue weighted by molar-refractivity contribution is -0.115. The number of esters is 1. The van der Waals surface area contributed by atoms with Gasteiger partial charge in [-0.3, -0.25) is 4.79 Å². The first-order valence-electron chi connectivity index (χ1n) is 6.75. The van der Waals surface area contributed by atoms with Gasteiger partial charge in [-0.15, -0.1) is 0 Å². The number of benzene rings is 1. The van der Waals surface area contributed by atoms with E-state index < -0.39 is 0 Å². The molecule has 0 unspecified atom stereocenters. The van der Waals surface area contributed by atoms with E-state index in [1.165, 1.54) is 11.8 Å². The van der Waals surface area contributed by atoms with Gasteiger partial charge in [-0.1, -0.05) is 30.0 Å². The molecular formula is C16H9NO4S2. The van der Waals surface area contributed by atoms with Crippen LogP contribution in [0.2, 0.25) is 0 Å². The Labute approximate surface area is 140 Å². The number of nitrogens with one attached hydrogen (secondary N) is 1. The van der Waals surface area contributed by atoms with E-state index in [9.17, 15) is 9.59 Å². The lowest BCUT2D eigenvalue weighted by Crippen LogP contribution is -2.17. The molecule has 2 aliphatic heterocycles. The molecule has 0 radical (unpaired) electrons. The van der Waals surface area contributed by atoms with E-state index in [1.807, 2.05) is 18.2 Å². The average molecular weight is 343 g/mol. The van der Waals surface area contributed by atoms with Gasteiger partial charge in [0.1, 0.15) is 22.4 Å². The van der Waals surface area contributed by atoms with Crippen LogP contribution in [-0.2, 0) is 16.1 Å². The third-order valence-corrected chi connectivity index (χ3v) is 4.67. The SMILES string of the molecule is O=C1NC(=S)S/C1=C/c1ccc(-c2ccc3c(c2)COC3=O)o1. The standard InChI is InChI=1S/C16H9NO4S2/c18-14-13(23-16(22)17-14)6-10-2-4-12(21-10)8-1-3-11-9(5-8)7-20-15(11)19/h1-6H,7H2,(H,17,18,22)/b13-6+. The zero-order valence-corrected chi connectivity index (χ0v) is 13.3. The van der Waals surface area contributed by atoms with Gasteiger partial charge in [0.2, 0.25) is 0 Å². The van der Waals surface area contributed by atoms with Crippen LogP contribution < -0.4 is 5.32 Å².